The van der Waals surface area contributed by atoms with E-state index in [1.54, 1.807) is 11.7 Å². The molecule has 1 fully saturated rings. The maximum atomic E-state index is 12.0. The number of carbonyl (C=O) groups excluding carboxylic acids is 1. The third-order valence-electron chi connectivity index (χ3n) is 3.15. The first kappa shape index (κ1) is 12.3. The average Bonchev–Trinajstić information content (AvgIpc) is 3.07. The second kappa shape index (κ2) is 5.12. The fourth-order valence-corrected chi connectivity index (χ4v) is 2.96. The Kier molecular flexibility index (Phi) is 3.33. The lowest BCUT2D eigenvalue weighted by Gasteiger charge is -2.14. The van der Waals surface area contributed by atoms with Gasteiger partial charge >= 0.3 is 0 Å². The van der Waals surface area contributed by atoms with Gasteiger partial charge in [-0.3, -0.25) is 4.79 Å². The van der Waals surface area contributed by atoms with Gasteiger partial charge in [-0.2, -0.15) is 0 Å². The number of rotatable bonds is 3. The molecule has 0 unspecified atom stereocenters. The highest BCUT2D eigenvalue weighted by Crippen LogP contribution is 2.22. The lowest BCUT2D eigenvalue weighted by Crippen LogP contribution is -2.29. The Bertz CT molecular complexity index is 606. The predicted octanol–water partition coefficient (Wildman–Crippen LogP) is 0.473. The fraction of sp³-hybridized carbons (Fsp3) is 0.545. The Hall–Kier alpha value is -1.70. The minimum absolute atomic E-state index is 0.165. The molecule has 2 aromatic heterocycles. The highest BCUT2D eigenvalue weighted by Gasteiger charge is 2.19. The summed E-state index contributed by atoms with van der Waals surface area (Å²) in [5, 5.41) is 8.67. The molecule has 0 saturated carbocycles. The molecule has 8 heteroatoms. The number of hydrogen-bond acceptors (Lipinski definition) is 6. The quantitative estimate of drug-likeness (QED) is 0.600. The van der Waals surface area contributed by atoms with Gasteiger partial charge in [0.2, 0.25) is 5.91 Å². The van der Waals surface area contributed by atoms with E-state index in [0.717, 1.165) is 25.9 Å². The van der Waals surface area contributed by atoms with E-state index in [-0.39, 0.29) is 5.91 Å². The molecule has 1 amide bonds. The van der Waals surface area contributed by atoms with E-state index in [1.165, 1.54) is 18.1 Å². The van der Waals surface area contributed by atoms with E-state index in [0.29, 0.717) is 21.9 Å². The van der Waals surface area contributed by atoms with Crippen LogP contribution in [0.15, 0.2) is 11.4 Å². The van der Waals surface area contributed by atoms with Gasteiger partial charge in [-0.05, 0) is 12.8 Å². The summed E-state index contributed by atoms with van der Waals surface area (Å²) < 4.78 is 1.60. The van der Waals surface area contributed by atoms with Crippen LogP contribution in [0.4, 0.5) is 0 Å². The molecule has 2 aromatic rings. The van der Waals surface area contributed by atoms with Gasteiger partial charge < -0.3 is 4.90 Å². The number of thioether (sulfide) groups is 1. The van der Waals surface area contributed by atoms with Gasteiger partial charge in [0.25, 0.3) is 0 Å². The molecule has 0 aromatic carbocycles. The molecule has 100 valence electrons. The number of aromatic nitrogens is 5. The second-order valence-corrected chi connectivity index (χ2v) is 5.40. The zero-order valence-corrected chi connectivity index (χ0v) is 11.4. The lowest BCUT2D eigenvalue weighted by atomic mass is 10.4. The molecule has 1 saturated heterocycles. The molecule has 3 rings (SSSR count). The second-order valence-electron chi connectivity index (χ2n) is 4.44. The van der Waals surface area contributed by atoms with Crippen molar-refractivity contribution in [1.82, 2.24) is 29.9 Å². The Balaban J connectivity index is 1.73. The molecule has 1 aliphatic heterocycles. The Morgan fingerprint density at radius 2 is 2.16 bits per heavy atom. The number of nitrogens with zero attached hydrogens (tertiary/aromatic N) is 6. The van der Waals surface area contributed by atoms with Crippen molar-refractivity contribution in [3.63, 3.8) is 0 Å². The number of carbonyl (C=O) groups is 1. The van der Waals surface area contributed by atoms with Gasteiger partial charge in [0, 0.05) is 20.1 Å². The third-order valence-corrected chi connectivity index (χ3v) is 4.11. The zero-order valence-electron chi connectivity index (χ0n) is 10.6. The van der Waals surface area contributed by atoms with Gasteiger partial charge in [-0.15, -0.1) is 5.10 Å². The van der Waals surface area contributed by atoms with E-state index in [1.807, 2.05) is 4.90 Å². The van der Waals surface area contributed by atoms with Gasteiger partial charge in [0.1, 0.15) is 11.4 Å². The monoisotopic (exact) mass is 278 g/mol. The largest absolute Gasteiger partial charge is 0.342 e. The van der Waals surface area contributed by atoms with Crippen LogP contribution in [0.25, 0.3) is 11.2 Å². The summed E-state index contributed by atoms with van der Waals surface area (Å²) in [7, 11) is 1.78. The van der Waals surface area contributed by atoms with Crippen LogP contribution >= 0.6 is 11.8 Å². The predicted molar refractivity (Wildman–Crippen MR) is 70.6 cm³/mol. The fourth-order valence-electron chi connectivity index (χ4n) is 2.13. The molecule has 0 atom stereocenters. The average molecular weight is 278 g/mol. The normalized spacial score (nSPS) is 15.3. The van der Waals surface area contributed by atoms with Crippen LogP contribution in [0.5, 0.6) is 0 Å². The number of amides is 1. The van der Waals surface area contributed by atoms with E-state index in [9.17, 15) is 4.79 Å². The number of fused-ring (bicyclic) bond motifs is 1. The standard InChI is InChI=1S/C11H14N6OS/c1-16-10-9(14-15-16)11(13-7-12-10)19-6-8(18)17-4-2-3-5-17/h7H,2-6H2,1H3. The van der Waals surface area contributed by atoms with Crippen molar-refractivity contribution >= 4 is 28.8 Å². The summed E-state index contributed by atoms with van der Waals surface area (Å²) in [6.45, 7) is 1.76. The van der Waals surface area contributed by atoms with E-state index in [4.69, 9.17) is 0 Å². The number of aryl methyl sites for hydroxylation is 1. The minimum atomic E-state index is 0.165. The highest BCUT2D eigenvalue weighted by molar-refractivity contribution is 8.00. The molecule has 0 spiro atoms. The van der Waals surface area contributed by atoms with E-state index in [2.05, 4.69) is 20.3 Å². The van der Waals surface area contributed by atoms with E-state index < -0.39 is 0 Å². The first-order valence-corrected chi connectivity index (χ1v) is 7.15. The maximum Gasteiger partial charge on any atom is 0.232 e. The summed E-state index contributed by atoms with van der Waals surface area (Å²) in [6, 6.07) is 0. The first-order valence-electron chi connectivity index (χ1n) is 6.16. The van der Waals surface area contributed by atoms with Crippen LogP contribution in [0.2, 0.25) is 0 Å². The summed E-state index contributed by atoms with van der Waals surface area (Å²) in [4.78, 5) is 22.2. The Morgan fingerprint density at radius 1 is 1.37 bits per heavy atom. The third kappa shape index (κ3) is 2.40. The van der Waals surface area contributed by atoms with Gasteiger partial charge in [-0.1, -0.05) is 17.0 Å². The van der Waals surface area contributed by atoms with Crippen LogP contribution in [0, 0.1) is 0 Å². The van der Waals surface area contributed by atoms with Crippen LogP contribution < -0.4 is 0 Å². The smallest absolute Gasteiger partial charge is 0.232 e. The molecule has 7 nitrogen and oxygen atoms in total. The summed E-state index contributed by atoms with van der Waals surface area (Å²) in [5.74, 6) is 0.557. The van der Waals surface area contributed by atoms with Crippen molar-refractivity contribution in [2.75, 3.05) is 18.8 Å². The molecule has 0 bridgehead atoms. The van der Waals surface area contributed by atoms with E-state index >= 15 is 0 Å². The number of hydrogen-bond donors (Lipinski definition) is 0. The van der Waals surface area contributed by atoms with Crippen molar-refractivity contribution in [2.45, 2.75) is 17.9 Å². The molecular weight excluding hydrogens is 264 g/mol. The van der Waals surface area contributed by atoms with Crippen LogP contribution in [0.1, 0.15) is 12.8 Å². The lowest BCUT2D eigenvalue weighted by molar-refractivity contribution is -0.127. The molecule has 3 heterocycles. The summed E-state index contributed by atoms with van der Waals surface area (Å²) in [6.07, 6.45) is 3.70. The van der Waals surface area contributed by atoms with Gasteiger partial charge in [0.05, 0.1) is 5.75 Å². The maximum absolute atomic E-state index is 12.0. The van der Waals surface area contributed by atoms with Crippen LogP contribution in [0.3, 0.4) is 0 Å². The van der Waals surface area contributed by atoms with Crippen molar-refractivity contribution in [3.05, 3.63) is 6.33 Å². The molecule has 0 radical (unpaired) electrons. The molecule has 0 N–H and O–H groups in total. The van der Waals surface area contributed by atoms with Crippen molar-refractivity contribution < 1.29 is 4.79 Å². The summed E-state index contributed by atoms with van der Waals surface area (Å²) in [5.41, 5.74) is 1.34. The van der Waals surface area contributed by atoms with Gasteiger partial charge in [-0.25, -0.2) is 14.6 Å². The van der Waals surface area contributed by atoms with Crippen LogP contribution in [-0.4, -0.2) is 54.6 Å². The van der Waals surface area contributed by atoms with Crippen LogP contribution in [-0.2, 0) is 11.8 Å². The van der Waals surface area contributed by atoms with Crippen molar-refractivity contribution in [3.8, 4) is 0 Å². The first-order chi connectivity index (χ1) is 9.25. The SMILES string of the molecule is Cn1nnc2c(SCC(=O)N3CCCC3)ncnc21. The number of likely N-dealkylation sites (tertiary alicyclic amines) is 1. The van der Waals surface area contributed by atoms with Crippen molar-refractivity contribution in [1.29, 1.82) is 0 Å². The minimum Gasteiger partial charge on any atom is -0.342 e. The Morgan fingerprint density at radius 3 is 2.95 bits per heavy atom. The Labute approximate surface area is 114 Å². The molecule has 0 aliphatic carbocycles. The topological polar surface area (TPSA) is 76.8 Å². The molecule has 19 heavy (non-hydrogen) atoms. The zero-order chi connectivity index (χ0) is 13.2. The van der Waals surface area contributed by atoms with Gasteiger partial charge in [0.15, 0.2) is 11.2 Å². The molecule has 1 aliphatic rings. The molecular formula is C11H14N6OS. The van der Waals surface area contributed by atoms with Crippen molar-refractivity contribution in [2.24, 2.45) is 7.05 Å². The summed E-state index contributed by atoms with van der Waals surface area (Å²) >= 11 is 1.40. The highest BCUT2D eigenvalue weighted by atomic mass is 32.2.